The zero-order valence-electron chi connectivity index (χ0n) is 21.5. The number of esters is 1. The first-order valence-electron chi connectivity index (χ1n) is 12.4. The fraction of sp³-hybridized carbons (Fsp3) is 0.667. The van der Waals surface area contributed by atoms with Crippen molar-refractivity contribution in [1.29, 1.82) is 0 Å². The van der Waals surface area contributed by atoms with Gasteiger partial charge in [-0.2, -0.15) is 0 Å². The Bertz CT molecular complexity index is 820. The van der Waals surface area contributed by atoms with E-state index in [4.69, 9.17) is 4.74 Å². The molecule has 1 aliphatic heterocycles. The van der Waals surface area contributed by atoms with Crippen LogP contribution in [0.15, 0.2) is 30.3 Å². The maximum absolute atomic E-state index is 13.4. The second-order valence-electron chi connectivity index (χ2n) is 10.4. The summed E-state index contributed by atoms with van der Waals surface area (Å²) >= 11 is 3.35. The summed E-state index contributed by atoms with van der Waals surface area (Å²) in [5.41, 5.74) is 0.423. The minimum Gasteiger partial charge on any atom is -0.459 e. The highest BCUT2D eigenvalue weighted by molar-refractivity contribution is 9.09. The fourth-order valence-electron chi connectivity index (χ4n) is 5.02. The summed E-state index contributed by atoms with van der Waals surface area (Å²) in [6.07, 6.45) is 3.13. The number of ketones is 1. The molecule has 7 heteroatoms. The third-order valence-electron chi connectivity index (χ3n) is 6.65. The molecular weight excluding hydrogens is 496 g/mol. The number of rotatable bonds is 11. The van der Waals surface area contributed by atoms with Gasteiger partial charge in [-0.3, -0.25) is 19.3 Å². The van der Waals surface area contributed by atoms with Gasteiger partial charge in [0.25, 0.3) is 0 Å². The molecule has 34 heavy (non-hydrogen) atoms. The van der Waals surface area contributed by atoms with E-state index >= 15 is 0 Å². The molecule has 1 aliphatic rings. The predicted molar refractivity (Wildman–Crippen MR) is 139 cm³/mol. The molecule has 6 nitrogen and oxygen atoms in total. The van der Waals surface area contributed by atoms with Crippen molar-refractivity contribution in [2.75, 3.05) is 5.33 Å². The molecule has 2 rings (SSSR count). The van der Waals surface area contributed by atoms with Gasteiger partial charge in [0.1, 0.15) is 17.4 Å². The van der Waals surface area contributed by atoms with E-state index < -0.39 is 11.6 Å². The van der Waals surface area contributed by atoms with Crippen LogP contribution in [0, 0.1) is 11.8 Å². The van der Waals surface area contributed by atoms with Crippen LogP contribution in [0.1, 0.15) is 72.8 Å². The van der Waals surface area contributed by atoms with E-state index in [1.165, 1.54) is 6.92 Å². The number of halogens is 1. The quantitative estimate of drug-likeness (QED) is 0.322. The van der Waals surface area contributed by atoms with Gasteiger partial charge >= 0.3 is 5.97 Å². The van der Waals surface area contributed by atoms with Gasteiger partial charge in [0.05, 0.1) is 5.33 Å². The lowest BCUT2D eigenvalue weighted by Crippen LogP contribution is -2.55. The second-order valence-corrected chi connectivity index (χ2v) is 10.9. The number of carbonyl (C=O) groups excluding carboxylic acids is 3. The number of nitrogens with zero attached hydrogens (tertiary/aromatic N) is 1. The Morgan fingerprint density at radius 3 is 2.26 bits per heavy atom. The van der Waals surface area contributed by atoms with E-state index in [-0.39, 0.29) is 41.0 Å². The fourth-order valence-corrected chi connectivity index (χ4v) is 5.44. The standard InChI is InChI=1S/C27H41BrN2O4/c1-7-19(8-2)14-22(29-18(3)31)25-21(24(32)16-28)15-23(26(33)34-27(4,5)6)30(25)17-20-12-10-9-11-13-20/h9-13,19,21-23,25H,7-8,14-17H2,1-6H3,(H,29,31)/t21-,22-,23?,25+/m0/s1. The van der Waals surface area contributed by atoms with Gasteiger partial charge in [0.15, 0.2) is 0 Å². The first-order valence-corrected chi connectivity index (χ1v) is 13.5. The molecule has 190 valence electrons. The molecule has 1 saturated heterocycles. The minimum absolute atomic E-state index is 0.0500. The zero-order chi connectivity index (χ0) is 25.5. The number of hydrogen-bond donors (Lipinski definition) is 1. The van der Waals surface area contributed by atoms with E-state index in [9.17, 15) is 14.4 Å². The van der Waals surface area contributed by atoms with Crippen LogP contribution in [0.2, 0.25) is 0 Å². The maximum atomic E-state index is 13.4. The predicted octanol–water partition coefficient (Wildman–Crippen LogP) is 4.88. The van der Waals surface area contributed by atoms with Gasteiger partial charge in [-0.15, -0.1) is 0 Å². The van der Waals surface area contributed by atoms with E-state index in [0.29, 0.717) is 18.9 Å². The molecule has 0 radical (unpaired) electrons. The van der Waals surface area contributed by atoms with Crippen LogP contribution in [-0.4, -0.2) is 51.6 Å². The lowest BCUT2D eigenvalue weighted by molar-refractivity contribution is -0.161. The smallest absolute Gasteiger partial charge is 0.323 e. The Morgan fingerprint density at radius 2 is 1.76 bits per heavy atom. The SMILES string of the molecule is CCC(CC)C[C@H](NC(C)=O)[C@H]1[C@H](C(=O)CBr)CC(C(=O)OC(C)(C)C)N1Cc1ccccc1. The van der Waals surface area contributed by atoms with Crippen LogP contribution in [0.25, 0.3) is 0 Å². The lowest BCUT2D eigenvalue weighted by Gasteiger charge is -2.38. The maximum Gasteiger partial charge on any atom is 0.323 e. The molecule has 0 aromatic heterocycles. The molecule has 1 amide bonds. The topological polar surface area (TPSA) is 75.7 Å². The summed E-state index contributed by atoms with van der Waals surface area (Å²) in [6.45, 7) is 11.9. The number of amides is 1. The molecule has 4 atom stereocenters. The monoisotopic (exact) mass is 536 g/mol. The lowest BCUT2D eigenvalue weighted by atomic mass is 9.84. The van der Waals surface area contributed by atoms with Crippen molar-refractivity contribution in [3.05, 3.63) is 35.9 Å². The van der Waals surface area contributed by atoms with Crippen molar-refractivity contribution in [3.8, 4) is 0 Å². The van der Waals surface area contributed by atoms with Gasteiger partial charge in [0.2, 0.25) is 5.91 Å². The molecule has 0 spiro atoms. The Balaban J connectivity index is 2.55. The molecule has 1 fully saturated rings. The second kappa shape index (κ2) is 12.8. The Morgan fingerprint density at radius 1 is 1.15 bits per heavy atom. The normalized spacial score (nSPS) is 21.9. The number of likely N-dealkylation sites (tertiary alicyclic amines) is 1. The first-order chi connectivity index (χ1) is 16.0. The highest BCUT2D eigenvalue weighted by atomic mass is 79.9. The Kier molecular flexibility index (Phi) is 10.8. The average Bonchev–Trinajstić information content (AvgIpc) is 3.14. The first kappa shape index (κ1) is 28.5. The Labute approximate surface area is 213 Å². The van der Waals surface area contributed by atoms with Crippen molar-refractivity contribution in [3.63, 3.8) is 0 Å². The van der Waals surface area contributed by atoms with Gasteiger partial charge in [-0.05, 0) is 45.1 Å². The number of nitrogens with one attached hydrogen (secondary N) is 1. The molecular formula is C27H41BrN2O4. The van der Waals surface area contributed by atoms with Crippen molar-refractivity contribution in [2.24, 2.45) is 11.8 Å². The number of benzene rings is 1. The van der Waals surface area contributed by atoms with Crippen LogP contribution in [0.3, 0.4) is 0 Å². The largest absolute Gasteiger partial charge is 0.459 e. The van der Waals surface area contributed by atoms with E-state index in [1.807, 2.05) is 51.1 Å². The molecule has 1 unspecified atom stereocenters. The van der Waals surface area contributed by atoms with Gasteiger partial charge in [0, 0.05) is 31.5 Å². The number of carbonyl (C=O) groups is 3. The van der Waals surface area contributed by atoms with Crippen molar-refractivity contribution in [1.82, 2.24) is 10.2 Å². The van der Waals surface area contributed by atoms with Crippen molar-refractivity contribution >= 4 is 33.6 Å². The molecule has 1 heterocycles. The van der Waals surface area contributed by atoms with Gasteiger partial charge in [-0.1, -0.05) is 73.0 Å². The zero-order valence-corrected chi connectivity index (χ0v) is 23.1. The van der Waals surface area contributed by atoms with E-state index in [1.54, 1.807) is 0 Å². The van der Waals surface area contributed by atoms with E-state index in [2.05, 4.69) is 40.0 Å². The summed E-state index contributed by atoms with van der Waals surface area (Å²) < 4.78 is 5.79. The van der Waals surface area contributed by atoms with Crippen molar-refractivity contribution in [2.45, 2.75) is 97.5 Å². The number of Topliss-reactive ketones (excluding diaryl/α,β-unsaturated/α-hetero) is 1. The minimum atomic E-state index is -0.630. The summed E-state index contributed by atoms with van der Waals surface area (Å²) in [5, 5.41) is 3.37. The van der Waals surface area contributed by atoms with Crippen molar-refractivity contribution < 1.29 is 19.1 Å². The molecule has 1 aromatic carbocycles. The summed E-state index contributed by atoms with van der Waals surface area (Å²) in [5.74, 6) is -0.361. The molecule has 0 aliphatic carbocycles. The third-order valence-corrected chi connectivity index (χ3v) is 7.20. The summed E-state index contributed by atoms with van der Waals surface area (Å²) in [4.78, 5) is 40.9. The molecule has 0 saturated carbocycles. The number of alkyl halides is 1. The molecule has 1 N–H and O–H groups in total. The third kappa shape index (κ3) is 7.91. The van der Waals surface area contributed by atoms with Crippen LogP contribution in [0.4, 0.5) is 0 Å². The summed E-state index contributed by atoms with van der Waals surface area (Å²) in [6, 6.07) is 8.85. The summed E-state index contributed by atoms with van der Waals surface area (Å²) in [7, 11) is 0. The Hall–Kier alpha value is -1.73. The average molecular weight is 538 g/mol. The van der Waals surface area contributed by atoms with E-state index in [0.717, 1.165) is 24.8 Å². The molecule has 0 bridgehead atoms. The van der Waals surface area contributed by atoms with Crippen LogP contribution < -0.4 is 5.32 Å². The number of hydrogen-bond acceptors (Lipinski definition) is 5. The van der Waals surface area contributed by atoms with Crippen LogP contribution in [-0.2, 0) is 25.7 Å². The number of ether oxygens (including phenoxy) is 1. The van der Waals surface area contributed by atoms with Crippen LogP contribution >= 0.6 is 15.9 Å². The van der Waals surface area contributed by atoms with Crippen LogP contribution in [0.5, 0.6) is 0 Å². The highest BCUT2D eigenvalue weighted by Gasteiger charge is 2.51. The van der Waals surface area contributed by atoms with Gasteiger partial charge in [-0.25, -0.2) is 0 Å². The van der Waals surface area contributed by atoms with Gasteiger partial charge < -0.3 is 10.1 Å². The molecule has 1 aromatic rings. The highest BCUT2D eigenvalue weighted by Crippen LogP contribution is 2.38.